The van der Waals surface area contributed by atoms with E-state index in [9.17, 15) is 19.2 Å². The standard InChI is InChI=1S/C18H14N2O6S2/c21-11(22)5-9-17(25)19-13-7-3-1-2-4-8(7)14-16(15(13)27-9)28-10(6-12(23)24)18(26)20-14/h1-4,9-10H,5-6H2,(H,19,25)(H,20,26)(H,21,22)(H,23,24). The minimum atomic E-state index is -1.09. The van der Waals surface area contributed by atoms with Crippen molar-refractivity contribution in [2.45, 2.75) is 33.1 Å². The van der Waals surface area contributed by atoms with Crippen molar-refractivity contribution in [2.75, 3.05) is 10.6 Å². The van der Waals surface area contributed by atoms with E-state index < -0.39 is 34.3 Å². The summed E-state index contributed by atoms with van der Waals surface area (Å²) in [5.41, 5.74) is 1.12. The number of hydrogen-bond acceptors (Lipinski definition) is 6. The van der Waals surface area contributed by atoms with Gasteiger partial charge in [0, 0.05) is 20.6 Å². The first-order chi connectivity index (χ1) is 13.3. The number of benzene rings is 2. The summed E-state index contributed by atoms with van der Waals surface area (Å²) < 4.78 is 0. The van der Waals surface area contributed by atoms with Crippen LogP contribution in [0.4, 0.5) is 11.4 Å². The Labute approximate surface area is 167 Å². The van der Waals surface area contributed by atoms with Crippen LogP contribution < -0.4 is 10.6 Å². The van der Waals surface area contributed by atoms with E-state index in [1.807, 2.05) is 12.1 Å². The monoisotopic (exact) mass is 418 g/mol. The third kappa shape index (κ3) is 3.18. The van der Waals surface area contributed by atoms with E-state index >= 15 is 0 Å². The van der Waals surface area contributed by atoms with Crippen LogP contribution in [0.1, 0.15) is 12.8 Å². The van der Waals surface area contributed by atoms with Gasteiger partial charge in [-0.15, -0.1) is 23.5 Å². The second kappa shape index (κ2) is 7.02. The molecule has 0 aliphatic carbocycles. The van der Waals surface area contributed by atoms with Gasteiger partial charge in [0.05, 0.1) is 34.7 Å². The normalized spacial score (nSPS) is 20.7. The minimum Gasteiger partial charge on any atom is -0.481 e. The molecular weight excluding hydrogens is 404 g/mol. The van der Waals surface area contributed by atoms with Crippen molar-refractivity contribution in [3.8, 4) is 0 Å². The van der Waals surface area contributed by atoms with Crippen molar-refractivity contribution in [1.82, 2.24) is 0 Å². The molecule has 4 rings (SSSR count). The van der Waals surface area contributed by atoms with Gasteiger partial charge in [-0.1, -0.05) is 24.3 Å². The Bertz CT molecular complexity index is 972. The highest BCUT2D eigenvalue weighted by Gasteiger charge is 2.38. The highest BCUT2D eigenvalue weighted by atomic mass is 32.2. The lowest BCUT2D eigenvalue weighted by Crippen LogP contribution is -2.34. The number of carbonyl (C=O) groups excluding carboxylic acids is 2. The quantitative estimate of drug-likeness (QED) is 0.596. The van der Waals surface area contributed by atoms with Gasteiger partial charge in [0.1, 0.15) is 0 Å². The van der Waals surface area contributed by atoms with Crippen molar-refractivity contribution in [3.63, 3.8) is 0 Å². The van der Waals surface area contributed by atoms with Gasteiger partial charge in [0.25, 0.3) is 0 Å². The molecular formula is C18H14N2O6S2. The molecule has 2 aliphatic heterocycles. The highest BCUT2D eigenvalue weighted by molar-refractivity contribution is 8.04. The van der Waals surface area contributed by atoms with Gasteiger partial charge >= 0.3 is 11.9 Å². The van der Waals surface area contributed by atoms with Gasteiger partial charge in [-0.3, -0.25) is 19.2 Å². The third-order valence-corrected chi connectivity index (χ3v) is 7.20. The summed E-state index contributed by atoms with van der Waals surface area (Å²) in [5.74, 6) is -2.96. The lowest BCUT2D eigenvalue weighted by Gasteiger charge is -2.32. The Hall–Kier alpha value is -2.72. The zero-order valence-electron chi connectivity index (χ0n) is 14.2. The fraction of sp³-hybridized carbons (Fsp3) is 0.222. The smallest absolute Gasteiger partial charge is 0.305 e. The molecule has 4 N–H and O–H groups in total. The molecule has 2 aliphatic rings. The zero-order chi connectivity index (χ0) is 20.0. The number of thioether (sulfide) groups is 2. The molecule has 0 spiro atoms. The van der Waals surface area contributed by atoms with Crippen molar-refractivity contribution < 1.29 is 29.4 Å². The van der Waals surface area contributed by atoms with Crippen LogP contribution in [0, 0.1) is 0 Å². The summed E-state index contributed by atoms with van der Waals surface area (Å²) in [4.78, 5) is 48.4. The largest absolute Gasteiger partial charge is 0.481 e. The molecule has 2 unspecified atom stereocenters. The molecule has 0 saturated heterocycles. The van der Waals surface area contributed by atoms with E-state index in [-0.39, 0.29) is 12.8 Å². The molecule has 10 heteroatoms. The van der Waals surface area contributed by atoms with Gasteiger partial charge in [-0.05, 0) is 0 Å². The summed E-state index contributed by atoms with van der Waals surface area (Å²) in [6.07, 6.45) is -0.680. The lowest BCUT2D eigenvalue weighted by molar-refractivity contribution is -0.138. The first kappa shape index (κ1) is 18.6. The van der Waals surface area contributed by atoms with Crippen LogP contribution in [0.15, 0.2) is 34.1 Å². The van der Waals surface area contributed by atoms with Gasteiger partial charge in [0.2, 0.25) is 11.8 Å². The summed E-state index contributed by atoms with van der Waals surface area (Å²) in [6.45, 7) is 0. The molecule has 2 heterocycles. The van der Waals surface area contributed by atoms with Crippen molar-refractivity contribution >= 4 is 69.4 Å². The fourth-order valence-electron chi connectivity index (χ4n) is 3.25. The summed E-state index contributed by atoms with van der Waals surface area (Å²) in [7, 11) is 0. The first-order valence-electron chi connectivity index (χ1n) is 8.32. The number of nitrogens with one attached hydrogen (secondary N) is 2. The maximum atomic E-state index is 12.4. The molecule has 0 fully saturated rings. The van der Waals surface area contributed by atoms with Crippen LogP contribution >= 0.6 is 23.5 Å². The maximum Gasteiger partial charge on any atom is 0.305 e. The second-order valence-corrected chi connectivity index (χ2v) is 8.77. The Morgan fingerprint density at radius 2 is 1.21 bits per heavy atom. The van der Waals surface area contributed by atoms with E-state index in [0.29, 0.717) is 21.2 Å². The maximum absolute atomic E-state index is 12.4. The van der Waals surface area contributed by atoms with Crippen molar-refractivity contribution in [3.05, 3.63) is 24.3 Å². The molecule has 0 aromatic heterocycles. The molecule has 0 saturated carbocycles. The Morgan fingerprint density at radius 1 is 0.821 bits per heavy atom. The number of anilines is 2. The molecule has 0 radical (unpaired) electrons. The Balaban J connectivity index is 1.89. The summed E-state index contributed by atoms with van der Waals surface area (Å²) >= 11 is 2.27. The van der Waals surface area contributed by atoms with Gasteiger partial charge in [-0.2, -0.15) is 0 Å². The van der Waals surface area contributed by atoms with Crippen molar-refractivity contribution in [1.29, 1.82) is 0 Å². The highest BCUT2D eigenvalue weighted by Crippen LogP contribution is 2.53. The molecule has 28 heavy (non-hydrogen) atoms. The van der Waals surface area contributed by atoms with E-state index in [1.54, 1.807) is 12.1 Å². The van der Waals surface area contributed by atoms with E-state index in [4.69, 9.17) is 10.2 Å². The minimum absolute atomic E-state index is 0.340. The summed E-state index contributed by atoms with van der Waals surface area (Å²) in [6, 6.07) is 7.24. The number of hydrogen-bond donors (Lipinski definition) is 4. The molecule has 2 atom stereocenters. The molecule has 2 amide bonds. The fourth-order valence-corrected chi connectivity index (χ4v) is 5.87. The van der Waals surface area contributed by atoms with Crippen LogP contribution in [-0.4, -0.2) is 44.5 Å². The average molecular weight is 418 g/mol. The zero-order valence-corrected chi connectivity index (χ0v) is 15.9. The molecule has 0 bridgehead atoms. The van der Waals surface area contributed by atoms with Gasteiger partial charge in [0.15, 0.2) is 0 Å². The molecule has 144 valence electrons. The van der Waals surface area contributed by atoms with Crippen LogP contribution in [-0.2, 0) is 19.2 Å². The number of amides is 2. The van der Waals surface area contributed by atoms with Gasteiger partial charge < -0.3 is 20.8 Å². The number of carbonyl (C=O) groups is 4. The predicted molar refractivity (Wildman–Crippen MR) is 105 cm³/mol. The first-order valence-corrected chi connectivity index (χ1v) is 10.1. The third-order valence-electron chi connectivity index (χ3n) is 4.45. The van der Waals surface area contributed by atoms with E-state index in [2.05, 4.69) is 10.6 Å². The van der Waals surface area contributed by atoms with Crippen LogP contribution in [0.5, 0.6) is 0 Å². The number of rotatable bonds is 4. The number of aliphatic carboxylic acids is 2. The van der Waals surface area contributed by atoms with E-state index in [1.165, 1.54) is 0 Å². The topological polar surface area (TPSA) is 133 Å². The number of carboxylic acid groups (broad SMARTS) is 2. The van der Waals surface area contributed by atoms with Crippen LogP contribution in [0.3, 0.4) is 0 Å². The number of carboxylic acids is 2. The lowest BCUT2D eigenvalue weighted by atomic mass is 10.0. The van der Waals surface area contributed by atoms with Crippen LogP contribution in [0.2, 0.25) is 0 Å². The predicted octanol–water partition coefficient (Wildman–Crippen LogP) is 2.61. The molecule has 2 aromatic carbocycles. The number of fused-ring (bicyclic) bond motifs is 6. The SMILES string of the molecule is O=C(O)CC1Sc2c3c(c4ccccc4c2NC1=O)NC(=O)C(CC(=O)O)S3. The van der Waals surface area contributed by atoms with Crippen LogP contribution in [0.25, 0.3) is 10.8 Å². The molecule has 2 aromatic rings. The Morgan fingerprint density at radius 3 is 1.57 bits per heavy atom. The molecule has 8 nitrogen and oxygen atoms in total. The van der Waals surface area contributed by atoms with Crippen molar-refractivity contribution in [2.24, 2.45) is 0 Å². The Kier molecular flexibility index (Phi) is 4.68. The average Bonchev–Trinajstić information content (AvgIpc) is 2.63. The van der Waals surface area contributed by atoms with E-state index in [0.717, 1.165) is 34.3 Å². The second-order valence-electron chi connectivity index (χ2n) is 6.34. The van der Waals surface area contributed by atoms with Gasteiger partial charge in [-0.25, -0.2) is 0 Å². The summed E-state index contributed by atoms with van der Waals surface area (Å²) in [5, 5.41) is 23.6.